The van der Waals surface area contributed by atoms with E-state index in [9.17, 15) is 9.59 Å². The second-order valence-corrected chi connectivity index (χ2v) is 7.68. The second kappa shape index (κ2) is 6.04. The predicted molar refractivity (Wildman–Crippen MR) is 104 cm³/mol. The fourth-order valence-electron chi connectivity index (χ4n) is 3.87. The number of aromatic nitrogens is 3. The molecule has 7 nitrogen and oxygen atoms in total. The fraction of sp³-hybridized carbons (Fsp3) is 0.400. The number of rotatable bonds is 3. The van der Waals surface area contributed by atoms with Crippen molar-refractivity contribution < 1.29 is 4.79 Å². The van der Waals surface area contributed by atoms with Crippen LogP contribution in [0.1, 0.15) is 54.5 Å². The van der Waals surface area contributed by atoms with E-state index in [4.69, 9.17) is 0 Å². The van der Waals surface area contributed by atoms with Gasteiger partial charge in [0.15, 0.2) is 0 Å². The number of anilines is 2. The quantitative estimate of drug-likeness (QED) is 0.873. The van der Waals surface area contributed by atoms with E-state index in [1.54, 1.807) is 6.07 Å². The molecule has 2 aromatic rings. The smallest absolute Gasteiger partial charge is 0.276 e. The molecule has 0 saturated heterocycles. The first-order chi connectivity index (χ1) is 12.8. The minimum absolute atomic E-state index is 0.228. The molecule has 0 bridgehead atoms. The molecule has 0 aromatic carbocycles. The molecule has 0 fully saturated rings. The summed E-state index contributed by atoms with van der Waals surface area (Å²) >= 11 is 0. The summed E-state index contributed by atoms with van der Waals surface area (Å²) in [6, 6.07) is 1.71. The zero-order chi connectivity index (χ0) is 19.3. The van der Waals surface area contributed by atoms with Crippen LogP contribution in [0.3, 0.4) is 0 Å². The van der Waals surface area contributed by atoms with E-state index in [-0.39, 0.29) is 11.5 Å². The number of aryl methyl sites for hydroxylation is 1. The highest BCUT2D eigenvalue weighted by Gasteiger charge is 2.37. The largest absolute Gasteiger partial charge is 0.335 e. The molecule has 140 valence electrons. The average molecular weight is 365 g/mol. The molecule has 1 amide bonds. The number of amides is 1. The summed E-state index contributed by atoms with van der Waals surface area (Å²) < 4.78 is 1.52. The van der Waals surface area contributed by atoms with Crippen molar-refractivity contribution in [3.05, 3.63) is 51.3 Å². The van der Waals surface area contributed by atoms with Gasteiger partial charge in [0.1, 0.15) is 29.2 Å². The molecule has 2 aliphatic rings. The van der Waals surface area contributed by atoms with Gasteiger partial charge in [0.2, 0.25) is 0 Å². The molecule has 2 N–H and O–H groups in total. The Morgan fingerprint density at radius 1 is 1.33 bits per heavy atom. The maximum Gasteiger partial charge on any atom is 0.276 e. The molecule has 2 aromatic heterocycles. The summed E-state index contributed by atoms with van der Waals surface area (Å²) in [6.45, 7) is 7.61. The van der Waals surface area contributed by atoms with E-state index >= 15 is 0 Å². The molecule has 7 heteroatoms. The normalized spacial score (nSPS) is 19.4. The van der Waals surface area contributed by atoms with Crippen LogP contribution in [0.2, 0.25) is 0 Å². The topological polar surface area (TPSA) is 88.9 Å². The van der Waals surface area contributed by atoms with Gasteiger partial charge in [0.05, 0.1) is 5.69 Å². The average Bonchev–Trinajstić information content (AvgIpc) is 2.88. The van der Waals surface area contributed by atoms with E-state index < -0.39 is 5.66 Å². The van der Waals surface area contributed by atoms with Gasteiger partial charge < -0.3 is 10.6 Å². The Morgan fingerprint density at radius 3 is 2.85 bits per heavy atom. The minimum Gasteiger partial charge on any atom is -0.335 e. The van der Waals surface area contributed by atoms with Crippen molar-refractivity contribution in [2.24, 2.45) is 5.92 Å². The molecule has 1 unspecified atom stereocenters. The van der Waals surface area contributed by atoms with Crippen molar-refractivity contribution in [1.82, 2.24) is 19.9 Å². The van der Waals surface area contributed by atoms with Crippen LogP contribution >= 0.6 is 0 Å². The van der Waals surface area contributed by atoms with Gasteiger partial charge in [-0.25, -0.2) is 9.97 Å². The third-order valence-corrected chi connectivity index (χ3v) is 5.32. The van der Waals surface area contributed by atoms with E-state index in [1.807, 2.05) is 26.8 Å². The standard InChI is InChI=1S/C20H23N5O2/c1-5-12-6-7-13-14(9-12)21-10-22-17(13)23-15-8-11(2)16-18(26)24-20(3,4)25(16)19(15)27/h6-8,10,12H,5,9H2,1-4H3,(H,24,26)(H,21,22,23). The lowest BCUT2D eigenvalue weighted by Gasteiger charge is -2.23. The molecular weight excluding hydrogens is 342 g/mol. The molecule has 1 aliphatic heterocycles. The molecule has 1 aliphatic carbocycles. The lowest BCUT2D eigenvalue weighted by Crippen LogP contribution is -2.42. The van der Waals surface area contributed by atoms with Crippen molar-refractivity contribution in [3.8, 4) is 0 Å². The number of hydrogen-bond donors (Lipinski definition) is 2. The summed E-state index contributed by atoms with van der Waals surface area (Å²) in [5.41, 5.74) is 2.42. The molecule has 0 radical (unpaired) electrons. The Bertz CT molecular complexity index is 1040. The van der Waals surface area contributed by atoms with Gasteiger partial charge in [-0.15, -0.1) is 0 Å². The van der Waals surface area contributed by atoms with E-state index in [0.717, 1.165) is 29.7 Å². The SMILES string of the molecule is CCC1C=Cc2c(ncnc2Nc2cc(C)c3n(c2=O)C(C)(C)NC3=O)C1. The minimum atomic E-state index is -0.773. The van der Waals surface area contributed by atoms with Gasteiger partial charge >= 0.3 is 0 Å². The first-order valence-electron chi connectivity index (χ1n) is 9.20. The number of carbonyl (C=O) groups excluding carboxylic acids is 1. The Hall–Kier alpha value is -2.96. The van der Waals surface area contributed by atoms with Gasteiger partial charge in [-0.05, 0) is 51.2 Å². The molecule has 3 heterocycles. The molecule has 1 atom stereocenters. The number of allylic oxidation sites excluding steroid dienone is 1. The van der Waals surface area contributed by atoms with Crippen LogP contribution in [0.25, 0.3) is 6.08 Å². The fourth-order valence-corrected chi connectivity index (χ4v) is 3.87. The first-order valence-corrected chi connectivity index (χ1v) is 9.20. The first kappa shape index (κ1) is 17.5. The third-order valence-electron chi connectivity index (χ3n) is 5.32. The Balaban J connectivity index is 1.79. The molecule has 4 rings (SSSR count). The second-order valence-electron chi connectivity index (χ2n) is 7.68. The summed E-state index contributed by atoms with van der Waals surface area (Å²) in [7, 11) is 0. The number of carbonyl (C=O) groups is 1. The molecule has 0 saturated carbocycles. The number of pyridine rings is 1. The lowest BCUT2D eigenvalue weighted by molar-refractivity contribution is 0.0934. The summed E-state index contributed by atoms with van der Waals surface area (Å²) in [6.07, 6.45) is 7.66. The summed E-state index contributed by atoms with van der Waals surface area (Å²) in [5.74, 6) is 0.859. The van der Waals surface area contributed by atoms with E-state index in [1.165, 1.54) is 10.9 Å². The molecule has 0 spiro atoms. The third kappa shape index (κ3) is 2.74. The highest BCUT2D eigenvalue weighted by Crippen LogP contribution is 2.30. The van der Waals surface area contributed by atoms with Crippen molar-refractivity contribution in [2.45, 2.75) is 46.2 Å². The van der Waals surface area contributed by atoms with E-state index in [0.29, 0.717) is 23.1 Å². The number of hydrogen-bond acceptors (Lipinski definition) is 5. The zero-order valence-electron chi connectivity index (χ0n) is 16.0. The van der Waals surface area contributed by atoms with E-state index in [2.05, 4.69) is 33.6 Å². The van der Waals surface area contributed by atoms with Gasteiger partial charge in [0.25, 0.3) is 11.5 Å². The lowest BCUT2D eigenvalue weighted by atomic mass is 9.92. The van der Waals surface area contributed by atoms with Crippen LogP contribution in [-0.2, 0) is 12.1 Å². The maximum atomic E-state index is 13.1. The summed E-state index contributed by atoms with van der Waals surface area (Å²) in [5, 5.41) is 6.03. The van der Waals surface area contributed by atoms with Gasteiger partial charge in [0, 0.05) is 5.56 Å². The molecular formula is C20H23N5O2. The number of nitrogens with zero attached hydrogens (tertiary/aromatic N) is 3. The van der Waals surface area contributed by atoms with Gasteiger partial charge in [-0.2, -0.15) is 0 Å². The van der Waals surface area contributed by atoms with Crippen LogP contribution in [-0.4, -0.2) is 20.4 Å². The van der Waals surface area contributed by atoms with Gasteiger partial charge in [-0.1, -0.05) is 19.1 Å². The van der Waals surface area contributed by atoms with Gasteiger partial charge in [-0.3, -0.25) is 14.2 Å². The van der Waals surface area contributed by atoms with Crippen LogP contribution in [0.4, 0.5) is 11.5 Å². The Morgan fingerprint density at radius 2 is 2.11 bits per heavy atom. The van der Waals surface area contributed by atoms with Crippen LogP contribution in [0.5, 0.6) is 0 Å². The number of fused-ring (bicyclic) bond motifs is 2. The van der Waals surface area contributed by atoms with Crippen molar-refractivity contribution in [3.63, 3.8) is 0 Å². The Labute approximate surface area is 157 Å². The van der Waals surface area contributed by atoms with Crippen LogP contribution in [0.15, 0.2) is 23.3 Å². The zero-order valence-corrected chi connectivity index (χ0v) is 16.0. The highest BCUT2D eigenvalue weighted by molar-refractivity contribution is 5.96. The monoisotopic (exact) mass is 365 g/mol. The predicted octanol–water partition coefficient (Wildman–Crippen LogP) is 2.72. The van der Waals surface area contributed by atoms with Crippen LogP contribution in [0, 0.1) is 12.8 Å². The maximum absolute atomic E-state index is 13.1. The molecule has 27 heavy (non-hydrogen) atoms. The van der Waals surface area contributed by atoms with Crippen LogP contribution < -0.4 is 16.2 Å². The number of nitrogens with one attached hydrogen (secondary N) is 2. The highest BCUT2D eigenvalue weighted by atomic mass is 16.2. The van der Waals surface area contributed by atoms with Crippen molar-refractivity contribution in [1.29, 1.82) is 0 Å². The Kier molecular flexibility index (Phi) is 3.91. The summed E-state index contributed by atoms with van der Waals surface area (Å²) in [4.78, 5) is 34.1. The van der Waals surface area contributed by atoms with Crippen molar-refractivity contribution >= 4 is 23.5 Å². The van der Waals surface area contributed by atoms with Crippen molar-refractivity contribution in [2.75, 3.05) is 5.32 Å².